The van der Waals surface area contributed by atoms with Crippen molar-refractivity contribution in [2.24, 2.45) is 0 Å². The van der Waals surface area contributed by atoms with Gasteiger partial charge >= 0.3 is 0 Å². The van der Waals surface area contributed by atoms with E-state index in [1.54, 1.807) is 0 Å². The summed E-state index contributed by atoms with van der Waals surface area (Å²) < 4.78 is 1.01. The molecule has 0 fully saturated rings. The molecule has 2 aromatic rings. The fraction of sp³-hybridized carbons (Fsp3) is 0.0833. The zero-order valence-electron chi connectivity index (χ0n) is 8.16. The highest BCUT2D eigenvalue weighted by Crippen LogP contribution is 2.22. The van der Waals surface area contributed by atoms with E-state index in [4.69, 9.17) is 0 Å². The Morgan fingerprint density at radius 2 is 2.00 bits per heavy atom. The molecule has 0 radical (unpaired) electrons. The SMILES string of the molecule is Cc1ccsc1C(=O)c1ccccc1I. The van der Waals surface area contributed by atoms with Crippen molar-refractivity contribution in [3.05, 3.63) is 55.3 Å². The maximum absolute atomic E-state index is 12.2. The van der Waals surface area contributed by atoms with Gasteiger partial charge in [0.25, 0.3) is 0 Å². The van der Waals surface area contributed by atoms with Gasteiger partial charge in [0.1, 0.15) is 0 Å². The van der Waals surface area contributed by atoms with Crippen molar-refractivity contribution in [3.63, 3.8) is 0 Å². The number of thiophene rings is 1. The van der Waals surface area contributed by atoms with Crippen molar-refractivity contribution in [1.29, 1.82) is 0 Å². The highest BCUT2D eigenvalue weighted by atomic mass is 127. The second kappa shape index (κ2) is 4.45. The van der Waals surface area contributed by atoms with Crippen molar-refractivity contribution in [1.82, 2.24) is 0 Å². The molecule has 1 heterocycles. The van der Waals surface area contributed by atoms with Crippen LogP contribution in [0.3, 0.4) is 0 Å². The highest BCUT2D eigenvalue weighted by molar-refractivity contribution is 14.1. The van der Waals surface area contributed by atoms with Gasteiger partial charge in [-0.05, 0) is 58.7 Å². The van der Waals surface area contributed by atoms with E-state index >= 15 is 0 Å². The van der Waals surface area contributed by atoms with E-state index in [2.05, 4.69) is 22.6 Å². The normalized spacial score (nSPS) is 10.3. The van der Waals surface area contributed by atoms with Crippen LogP contribution in [0.5, 0.6) is 0 Å². The lowest BCUT2D eigenvalue weighted by Crippen LogP contribution is -2.02. The van der Waals surface area contributed by atoms with Gasteiger partial charge in [0.2, 0.25) is 5.78 Å². The predicted octanol–water partition coefficient (Wildman–Crippen LogP) is 3.89. The zero-order valence-corrected chi connectivity index (χ0v) is 11.1. The monoisotopic (exact) mass is 328 g/mol. The Labute approximate surface area is 106 Å². The van der Waals surface area contributed by atoms with E-state index in [9.17, 15) is 4.79 Å². The summed E-state index contributed by atoms with van der Waals surface area (Å²) in [5, 5.41) is 1.96. The van der Waals surface area contributed by atoms with Gasteiger partial charge in [0, 0.05) is 9.13 Å². The molecule has 0 saturated heterocycles. The van der Waals surface area contributed by atoms with Gasteiger partial charge < -0.3 is 0 Å². The van der Waals surface area contributed by atoms with E-state index in [1.807, 2.05) is 42.6 Å². The van der Waals surface area contributed by atoms with Crippen LogP contribution in [0.1, 0.15) is 20.8 Å². The Morgan fingerprint density at radius 1 is 1.27 bits per heavy atom. The van der Waals surface area contributed by atoms with Gasteiger partial charge in [-0.1, -0.05) is 12.1 Å². The molecule has 0 spiro atoms. The zero-order chi connectivity index (χ0) is 10.8. The molecule has 1 aromatic heterocycles. The Hall–Kier alpha value is -0.680. The second-order valence-electron chi connectivity index (χ2n) is 3.24. The summed E-state index contributed by atoms with van der Waals surface area (Å²) in [7, 11) is 0. The largest absolute Gasteiger partial charge is 0.288 e. The third kappa shape index (κ3) is 2.13. The van der Waals surface area contributed by atoms with Crippen LogP contribution in [0.4, 0.5) is 0 Å². The minimum Gasteiger partial charge on any atom is -0.288 e. The van der Waals surface area contributed by atoms with E-state index < -0.39 is 0 Å². The molecule has 0 N–H and O–H groups in total. The molecule has 1 nitrogen and oxygen atoms in total. The summed E-state index contributed by atoms with van der Waals surface area (Å²) in [6.07, 6.45) is 0. The molecule has 3 heteroatoms. The quantitative estimate of drug-likeness (QED) is 0.604. The lowest BCUT2D eigenvalue weighted by Gasteiger charge is -2.02. The fourth-order valence-corrected chi connectivity index (χ4v) is 2.88. The summed E-state index contributed by atoms with van der Waals surface area (Å²) in [5.74, 6) is 0.132. The van der Waals surface area contributed by atoms with Crippen LogP contribution in [0.15, 0.2) is 35.7 Å². The van der Waals surface area contributed by atoms with Gasteiger partial charge in [-0.15, -0.1) is 11.3 Å². The van der Waals surface area contributed by atoms with E-state index in [0.29, 0.717) is 0 Å². The fourth-order valence-electron chi connectivity index (χ4n) is 1.37. The Balaban J connectivity index is 2.46. The molecule has 0 aliphatic carbocycles. The molecule has 0 aliphatic rings. The van der Waals surface area contributed by atoms with Crippen molar-refractivity contribution in [3.8, 4) is 0 Å². The molecular weight excluding hydrogens is 319 g/mol. The van der Waals surface area contributed by atoms with Gasteiger partial charge in [-0.3, -0.25) is 4.79 Å². The summed E-state index contributed by atoms with van der Waals surface area (Å²) in [6, 6.07) is 9.66. The minimum absolute atomic E-state index is 0.132. The van der Waals surface area contributed by atoms with Crippen LogP contribution in [-0.4, -0.2) is 5.78 Å². The first-order valence-corrected chi connectivity index (χ1v) is 6.49. The minimum atomic E-state index is 0.132. The van der Waals surface area contributed by atoms with Crippen LogP contribution < -0.4 is 0 Å². The topological polar surface area (TPSA) is 17.1 Å². The molecular formula is C12H9IOS. The Bertz CT molecular complexity index is 502. The van der Waals surface area contributed by atoms with Crippen molar-refractivity contribution in [2.45, 2.75) is 6.92 Å². The summed E-state index contributed by atoms with van der Waals surface area (Å²) in [6.45, 7) is 1.97. The molecule has 76 valence electrons. The van der Waals surface area contributed by atoms with Crippen LogP contribution >= 0.6 is 33.9 Å². The molecule has 0 atom stereocenters. The molecule has 15 heavy (non-hydrogen) atoms. The third-order valence-corrected chi connectivity index (χ3v) is 4.14. The Kier molecular flexibility index (Phi) is 3.21. The van der Waals surface area contributed by atoms with Gasteiger partial charge in [0.05, 0.1) is 4.88 Å². The standard InChI is InChI=1S/C12H9IOS/c1-8-6-7-15-12(8)11(14)9-4-2-3-5-10(9)13/h2-7H,1H3. The molecule has 0 saturated carbocycles. The molecule has 2 rings (SSSR count). The Morgan fingerprint density at radius 3 is 2.60 bits per heavy atom. The molecule has 0 bridgehead atoms. The summed E-state index contributed by atoms with van der Waals surface area (Å²) in [5.41, 5.74) is 1.85. The number of rotatable bonds is 2. The number of ketones is 1. The summed E-state index contributed by atoms with van der Waals surface area (Å²) in [4.78, 5) is 13.0. The van der Waals surface area contributed by atoms with Crippen LogP contribution in [-0.2, 0) is 0 Å². The molecule has 0 amide bonds. The first kappa shape index (κ1) is 10.8. The van der Waals surface area contributed by atoms with Crippen LogP contribution in [0.25, 0.3) is 0 Å². The van der Waals surface area contributed by atoms with E-state index in [1.165, 1.54) is 11.3 Å². The van der Waals surface area contributed by atoms with Gasteiger partial charge in [0.15, 0.2) is 0 Å². The van der Waals surface area contributed by atoms with Gasteiger partial charge in [-0.25, -0.2) is 0 Å². The highest BCUT2D eigenvalue weighted by Gasteiger charge is 2.14. The average Bonchev–Trinajstić information content (AvgIpc) is 2.64. The maximum Gasteiger partial charge on any atom is 0.204 e. The smallest absolute Gasteiger partial charge is 0.204 e. The third-order valence-electron chi connectivity index (χ3n) is 2.19. The number of hydrogen-bond donors (Lipinski definition) is 0. The lowest BCUT2D eigenvalue weighted by molar-refractivity contribution is 0.104. The first-order valence-electron chi connectivity index (χ1n) is 4.53. The molecule has 0 unspecified atom stereocenters. The maximum atomic E-state index is 12.2. The first-order chi connectivity index (χ1) is 7.20. The number of aryl methyl sites for hydroxylation is 1. The van der Waals surface area contributed by atoms with Crippen LogP contribution in [0.2, 0.25) is 0 Å². The molecule has 0 aliphatic heterocycles. The molecule has 1 aromatic carbocycles. The number of benzene rings is 1. The summed E-state index contributed by atoms with van der Waals surface area (Å²) >= 11 is 3.70. The van der Waals surface area contributed by atoms with Crippen molar-refractivity contribution >= 4 is 39.7 Å². The van der Waals surface area contributed by atoms with Crippen molar-refractivity contribution < 1.29 is 4.79 Å². The van der Waals surface area contributed by atoms with Gasteiger partial charge in [-0.2, -0.15) is 0 Å². The number of halogens is 1. The lowest BCUT2D eigenvalue weighted by atomic mass is 10.1. The van der Waals surface area contributed by atoms with Crippen LogP contribution in [0, 0.1) is 10.5 Å². The number of hydrogen-bond acceptors (Lipinski definition) is 2. The second-order valence-corrected chi connectivity index (χ2v) is 5.32. The number of carbonyl (C=O) groups excluding carboxylic acids is 1. The predicted molar refractivity (Wildman–Crippen MR) is 71.6 cm³/mol. The van der Waals surface area contributed by atoms with E-state index in [-0.39, 0.29) is 5.78 Å². The number of carbonyl (C=O) groups is 1. The average molecular weight is 328 g/mol. The van der Waals surface area contributed by atoms with Crippen molar-refractivity contribution in [2.75, 3.05) is 0 Å². The van der Waals surface area contributed by atoms with E-state index in [0.717, 1.165) is 19.6 Å².